The molecule has 0 fully saturated rings. The number of nitrogens with zero attached hydrogens (tertiary/aromatic N) is 1. The van der Waals surface area contributed by atoms with E-state index in [0.29, 0.717) is 18.7 Å². The summed E-state index contributed by atoms with van der Waals surface area (Å²) in [6, 6.07) is 7.02. The summed E-state index contributed by atoms with van der Waals surface area (Å²) in [4.78, 5) is 25.1. The Morgan fingerprint density at radius 3 is 2.64 bits per heavy atom. The summed E-state index contributed by atoms with van der Waals surface area (Å²) in [5.74, 6) is -1.21. The molecule has 0 aromatic heterocycles. The van der Waals surface area contributed by atoms with E-state index in [0.717, 1.165) is 5.56 Å². The first-order valence-electron chi connectivity index (χ1n) is 7.16. The van der Waals surface area contributed by atoms with Crippen LogP contribution in [0.25, 0.3) is 0 Å². The van der Waals surface area contributed by atoms with E-state index < -0.39 is 11.9 Å². The Morgan fingerprint density at radius 1 is 1.27 bits per heavy atom. The number of hydrogen-bond donors (Lipinski definition) is 1. The maximum atomic E-state index is 11.9. The first-order valence-corrected chi connectivity index (χ1v) is 7.16. The van der Waals surface area contributed by atoms with E-state index in [2.05, 4.69) is 0 Å². The summed E-state index contributed by atoms with van der Waals surface area (Å²) >= 11 is 0. The van der Waals surface area contributed by atoms with E-state index in [-0.39, 0.29) is 19.3 Å². The summed E-state index contributed by atoms with van der Waals surface area (Å²) in [5, 5.41) is 8.88. The van der Waals surface area contributed by atoms with Crippen LogP contribution in [0.2, 0.25) is 0 Å². The number of esters is 2. The molecule has 0 bridgehead atoms. The molecule has 0 saturated heterocycles. The molecule has 0 saturated carbocycles. The van der Waals surface area contributed by atoms with Crippen molar-refractivity contribution in [1.29, 1.82) is 0 Å². The molecule has 0 unspecified atom stereocenters. The van der Waals surface area contributed by atoms with Crippen LogP contribution in [-0.2, 0) is 20.8 Å². The van der Waals surface area contributed by atoms with Gasteiger partial charge in [-0.2, -0.15) is 0 Å². The molecule has 122 valence electrons. The van der Waals surface area contributed by atoms with Crippen LogP contribution >= 0.6 is 0 Å². The molecule has 0 atom stereocenters. The van der Waals surface area contributed by atoms with E-state index in [4.69, 9.17) is 14.6 Å². The number of carbonyl (C=O) groups excluding carboxylic acids is 2. The predicted octanol–water partition coefficient (Wildman–Crippen LogP) is 1.42. The molecule has 1 rings (SSSR count). The normalized spacial score (nSPS) is 10.8. The van der Waals surface area contributed by atoms with E-state index >= 15 is 0 Å². The molecular weight excluding hydrogens is 286 g/mol. The monoisotopic (exact) mass is 309 g/mol. The number of likely N-dealkylation sites (N-methyl/N-ethyl adjacent to an activating group) is 1. The Bertz CT molecular complexity index is 501. The van der Waals surface area contributed by atoms with Gasteiger partial charge in [0.15, 0.2) is 0 Å². The quantitative estimate of drug-likeness (QED) is 0.578. The van der Waals surface area contributed by atoms with Gasteiger partial charge in [-0.05, 0) is 24.7 Å². The van der Waals surface area contributed by atoms with Gasteiger partial charge in [0.25, 0.3) is 0 Å². The van der Waals surface area contributed by atoms with Crippen molar-refractivity contribution in [1.82, 2.24) is 4.90 Å². The molecule has 0 heterocycles. The Balaban J connectivity index is 2.53. The topological polar surface area (TPSA) is 76.1 Å². The SMILES string of the molecule is CC(C)C(=O)OCOC(=O)c1cccc(CN(C)CCO)c1. The second kappa shape index (κ2) is 9.17. The molecule has 1 aromatic rings. The highest BCUT2D eigenvalue weighted by atomic mass is 16.7. The van der Waals surface area contributed by atoms with E-state index in [1.54, 1.807) is 32.0 Å². The van der Waals surface area contributed by atoms with Gasteiger partial charge in [-0.1, -0.05) is 26.0 Å². The van der Waals surface area contributed by atoms with Crippen molar-refractivity contribution in [2.24, 2.45) is 5.92 Å². The number of benzene rings is 1. The fraction of sp³-hybridized carbons (Fsp3) is 0.500. The predicted molar refractivity (Wildman–Crippen MR) is 81.1 cm³/mol. The molecule has 1 aromatic carbocycles. The molecule has 0 aliphatic rings. The zero-order valence-electron chi connectivity index (χ0n) is 13.2. The maximum absolute atomic E-state index is 11.9. The average molecular weight is 309 g/mol. The summed E-state index contributed by atoms with van der Waals surface area (Å²) in [6.07, 6.45) is 0. The van der Waals surface area contributed by atoms with Gasteiger partial charge in [-0.25, -0.2) is 4.79 Å². The zero-order valence-corrected chi connectivity index (χ0v) is 13.2. The average Bonchev–Trinajstić information content (AvgIpc) is 2.47. The molecule has 0 amide bonds. The molecule has 0 radical (unpaired) electrons. The van der Waals surface area contributed by atoms with Crippen molar-refractivity contribution in [3.05, 3.63) is 35.4 Å². The lowest BCUT2D eigenvalue weighted by Crippen LogP contribution is -2.21. The first kappa shape index (κ1) is 18.1. The largest absolute Gasteiger partial charge is 0.428 e. The van der Waals surface area contributed by atoms with Crippen LogP contribution < -0.4 is 0 Å². The summed E-state index contributed by atoms with van der Waals surface area (Å²) in [7, 11) is 1.88. The van der Waals surface area contributed by atoms with Gasteiger partial charge in [0.1, 0.15) is 0 Å². The Morgan fingerprint density at radius 2 is 2.00 bits per heavy atom. The lowest BCUT2D eigenvalue weighted by molar-refractivity contribution is -0.155. The molecule has 1 N–H and O–H groups in total. The Hall–Kier alpha value is -1.92. The van der Waals surface area contributed by atoms with Crippen LogP contribution in [0.3, 0.4) is 0 Å². The van der Waals surface area contributed by atoms with Crippen LogP contribution in [0.1, 0.15) is 29.8 Å². The van der Waals surface area contributed by atoms with Crippen molar-refractivity contribution in [3.63, 3.8) is 0 Å². The van der Waals surface area contributed by atoms with Crippen LogP contribution in [0.4, 0.5) is 0 Å². The van der Waals surface area contributed by atoms with Gasteiger partial charge in [0.05, 0.1) is 18.1 Å². The van der Waals surface area contributed by atoms with Gasteiger partial charge >= 0.3 is 11.9 Å². The molecule has 0 aliphatic carbocycles. The van der Waals surface area contributed by atoms with Crippen molar-refractivity contribution >= 4 is 11.9 Å². The van der Waals surface area contributed by atoms with E-state index in [1.165, 1.54) is 0 Å². The maximum Gasteiger partial charge on any atom is 0.341 e. The molecule has 6 heteroatoms. The van der Waals surface area contributed by atoms with Crippen molar-refractivity contribution in [2.45, 2.75) is 20.4 Å². The first-order chi connectivity index (χ1) is 10.4. The smallest absolute Gasteiger partial charge is 0.341 e. The van der Waals surface area contributed by atoms with Gasteiger partial charge in [-0.3, -0.25) is 9.69 Å². The number of rotatable bonds is 8. The number of ether oxygens (including phenoxy) is 2. The molecule has 0 spiro atoms. The number of carbonyl (C=O) groups is 2. The lowest BCUT2D eigenvalue weighted by atomic mass is 10.1. The van der Waals surface area contributed by atoms with Gasteiger partial charge in [0, 0.05) is 13.1 Å². The number of hydrogen-bond acceptors (Lipinski definition) is 6. The molecular formula is C16H23NO5. The van der Waals surface area contributed by atoms with Crippen LogP contribution in [-0.4, -0.2) is 48.9 Å². The van der Waals surface area contributed by atoms with Crippen molar-refractivity contribution < 1.29 is 24.2 Å². The highest BCUT2D eigenvalue weighted by Gasteiger charge is 2.12. The van der Waals surface area contributed by atoms with Gasteiger partial charge in [-0.15, -0.1) is 0 Å². The summed E-state index contributed by atoms with van der Waals surface area (Å²) < 4.78 is 9.73. The minimum Gasteiger partial charge on any atom is -0.428 e. The Labute approximate surface area is 130 Å². The molecule has 6 nitrogen and oxygen atoms in total. The number of aliphatic hydroxyl groups is 1. The third kappa shape index (κ3) is 6.24. The highest BCUT2D eigenvalue weighted by Crippen LogP contribution is 2.09. The third-order valence-electron chi connectivity index (χ3n) is 2.96. The summed E-state index contributed by atoms with van der Waals surface area (Å²) in [5.41, 5.74) is 1.33. The van der Waals surface area contributed by atoms with Crippen molar-refractivity contribution in [3.8, 4) is 0 Å². The fourth-order valence-electron chi connectivity index (χ4n) is 1.75. The van der Waals surface area contributed by atoms with Gasteiger partial charge in [0.2, 0.25) is 6.79 Å². The van der Waals surface area contributed by atoms with Crippen LogP contribution in [0.5, 0.6) is 0 Å². The summed E-state index contributed by atoms with van der Waals surface area (Å²) in [6.45, 7) is 4.28. The minimum absolute atomic E-state index is 0.0828. The van der Waals surface area contributed by atoms with Crippen molar-refractivity contribution in [2.75, 3.05) is 27.0 Å². The molecule has 22 heavy (non-hydrogen) atoms. The third-order valence-corrected chi connectivity index (χ3v) is 2.96. The number of aliphatic hydroxyl groups excluding tert-OH is 1. The van der Waals surface area contributed by atoms with E-state index in [9.17, 15) is 9.59 Å². The van der Waals surface area contributed by atoms with Crippen LogP contribution in [0.15, 0.2) is 24.3 Å². The second-order valence-electron chi connectivity index (χ2n) is 5.33. The Kier molecular flexibility index (Phi) is 7.56. The zero-order chi connectivity index (χ0) is 16.5. The second-order valence-corrected chi connectivity index (χ2v) is 5.33. The van der Waals surface area contributed by atoms with Crippen LogP contribution in [0, 0.1) is 5.92 Å². The molecule has 0 aliphatic heterocycles. The highest BCUT2D eigenvalue weighted by molar-refractivity contribution is 5.89. The standard InChI is InChI=1S/C16H23NO5/c1-12(2)15(19)21-11-22-16(20)14-6-4-5-13(9-14)10-17(3)7-8-18/h4-6,9,12,18H,7-8,10-11H2,1-3H3. The van der Waals surface area contributed by atoms with E-state index in [1.807, 2.05) is 18.0 Å². The van der Waals surface area contributed by atoms with Gasteiger partial charge < -0.3 is 14.6 Å². The minimum atomic E-state index is -0.539. The lowest BCUT2D eigenvalue weighted by Gasteiger charge is -2.15. The fourth-order valence-corrected chi connectivity index (χ4v) is 1.75.